The standard InChI is InChI=1S/C8H13N3O3/c1-14-8(13)7(12)3-2-4-11-6-9-5-10-11/h5-7,12H,2-4H2,1H3. The monoisotopic (exact) mass is 199 g/mol. The van der Waals surface area contributed by atoms with E-state index in [0.29, 0.717) is 19.4 Å². The summed E-state index contributed by atoms with van der Waals surface area (Å²) >= 11 is 0. The Morgan fingerprint density at radius 3 is 3.07 bits per heavy atom. The maximum absolute atomic E-state index is 10.8. The van der Waals surface area contributed by atoms with Gasteiger partial charge in [-0.2, -0.15) is 5.10 Å². The highest BCUT2D eigenvalue weighted by Crippen LogP contribution is 2.00. The maximum atomic E-state index is 10.8. The molecule has 1 aromatic rings. The summed E-state index contributed by atoms with van der Waals surface area (Å²) in [5.41, 5.74) is 0. The number of ether oxygens (including phenoxy) is 1. The van der Waals surface area contributed by atoms with Crippen LogP contribution in [0.5, 0.6) is 0 Å². The van der Waals surface area contributed by atoms with E-state index in [2.05, 4.69) is 14.8 Å². The first kappa shape index (κ1) is 10.6. The van der Waals surface area contributed by atoms with Crippen LogP contribution in [0, 0.1) is 0 Å². The number of aromatic nitrogens is 3. The molecule has 0 saturated carbocycles. The minimum atomic E-state index is -1.04. The number of nitrogens with zero attached hydrogens (tertiary/aromatic N) is 3. The van der Waals surface area contributed by atoms with Gasteiger partial charge >= 0.3 is 5.97 Å². The van der Waals surface area contributed by atoms with E-state index in [1.807, 2.05) is 0 Å². The topological polar surface area (TPSA) is 77.2 Å². The SMILES string of the molecule is COC(=O)C(O)CCCn1cncn1. The van der Waals surface area contributed by atoms with Crippen LogP contribution in [0.25, 0.3) is 0 Å². The fraction of sp³-hybridized carbons (Fsp3) is 0.625. The normalized spacial score (nSPS) is 12.4. The van der Waals surface area contributed by atoms with Gasteiger partial charge in [-0.1, -0.05) is 0 Å². The summed E-state index contributed by atoms with van der Waals surface area (Å²) in [6.45, 7) is 0.633. The lowest BCUT2D eigenvalue weighted by atomic mass is 10.2. The smallest absolute Gasteiger partial charge is 0.334 e. The van der Waals surface area contributed by atoms with Crippen molar-refractivity contribution < 1.29 is 14.6 Å². The van der Waals surface area contributed by atoms with Gasteiger partial charge in [0.05, 0.1) is 7.11 Å². The molecule has 0 amide bonds. The van der Waals surface area contributed by atoms with Crippen molar-refractivity contribution in [3.05, 3.63) is 12.7 Å². The van der Waals surface area contributed by atoms with Crippen molar-refractivity contribution in [2.75, 3.05) is 7.11 Å². The molecule has 0 radical (unpaired) electrons. The molecular formula is C8H13N3O3. The Kier molecular flexibility index (Phi) is 4.06. The van der Waals surface area contributed by atoms with Gasteiger partial charge in [-0.05, 0) is 12.8 Å². The third-order valence-electron chi connectivity index (χ3n) is 1.80. The number of carbonyl (C=O) groups excluding carboxylic acids is 1. The first-order valence-electron chi connectivity index (χ1n) is 4.32. The van der Waals surface area contributed by atoms with Gasteiger partial charge in [-0.25, -0.2) is 9.78 Å². The highest BCUT2D eigenvalue weighted by atomic mass is 16.5. The molecule has 1 unspecified atom stereocenters. The third-order valence-corrected chi connectivity index (χ3v) is 1.80. The lowest BCUT2D eigenvalue weighted by molar-refractivity contribution is -0.150. The quantitative estimate of drug-likeness (QED) is 0.652. The lowest BCUT2D eigenvalue weighted by Gasteiger charge is -2.07. The van der Waals surface area contributed by atoms with Gasteiger partial charge in [0.25, 0.3) is 0 Å². The van der Waals surface area contributed by atoms with Crippen LogP contribution >= 0.6 is 0 Å². The van der Waals surface area contributed by atoms with E-state index < -0.39 is 12.1 Å². The summed E-state index contributed by atoms with van der Waals surface area (Å²) in [5, 5.41) is 13.1. The van der Waals surface area contributed by atoms with Gasteiger partial charge in [-0.15, -0.1) is 0 Å². The number of esters is 1. The molecule has 0 aromatic carbocycles. The summed E-state index contributed by atoms with van der Waals surface area (Å²) in [7, 11) is 1.25. The number of rotatable bonds is 5. The van der Waals surface area contributed by atoms with Crippen LogP contribution in [0.15, 0.2) is 12.7 Å². The molecule has 14 heavy (non-hydrogen) atoms. The van der Waals surface area contributed by atoms with E-state index >= 15 is 0 Å². The van der Waals surface area contributed by atoms with Crippen LogP contribution in [0.4, 0.5) is 0 Å². The Morgan fingerprint density at radius 1 is 1.71 bits per heavy atom. The number of methoxy groups -OCH3 is 1. The third kappa shape index (κ3) is 3.14. The number of aliphatic hydroxyl groups excluding tert-OH is 1. The molecule has 0 fully saturated rings. The second kappa shape index (κ2) is 5.33. The van der Waals surface area contributed by atoms with Crippen LogP contribution in [0.2, 0.25) is 0 Å². The van der Waals surface area contributed by atoms with Crippen LogP contribution in [-0.2, 0) is 16.1 Å². The Hall–Kier alpha value is -1.43. The van der Waals surface area contributed by atoms with E-state index in [0.717, 1.165) is 0 Å². The molecule has 0 aliphatic heterocycles. The lowest BCUT2D eigenvalue weighted by Crippen LogP contribution is -2.22. The summed E-state index contributed by atoms with van der Waals surface area (Å²) in [5.74, 6) is -0.594. The number of hydrogen-bond acceptors (Lipinski definition) is 5. The van der Waals surface area contributed by atoms with Gasteiger partial charge in [0.15, 0.2) is 6.10 Å². The van der Waals surface area contributed by atoms with Crippen molar-refractivity contribution in [1.29, 1.82) is 0 Å². The zero-order chi connectivity index (χ0) is 10.4. The molecule has 1 rings (SSSR count). The highest BCUT2D eigenvalue weighted by Gasteiger charge is 2.14. The zero-order valence-electron chi connectivity index (χ0n) is 7.96. The molecule has 0 spiro atoms. The van der Waals surface area contributed by atoms with Crippen molar-refractivity contribution in [3.63, 3.8) is 0 Å². The molecule has 1 atom stereocenters. The van der Waals surface area contributed by atoms with E-state index in [9.17, 15) is 9.90 Å². The molecule has 0 bridgehead atoms. The predicted octanol–water partition coefficient (Wildman–Crippen LogP) is -0.408. The number of aliphatic hydroxyl groups is 1. The average Bonchev–Trinajstić information content (AvgIpc) is 2.69. The van der Waals surface area contributed by atoms with Crippen molar-refractivity contribution in [3.8, 4) is 0 Å². The first-order valence-corrected chi connectivity index (χ1v) is 4.32. The second-order valence-electron chi connectivity index (χ2n) is 2.84. The summed E-state index contributed by atoms with van der Waals surface area (Å²) < 4.78 is 6.02. The molecule has 6 nitrogen and oxygen atoms in total. The van der Waals surface area contributed by atoms with E-state index in [1.54, 1.807) is 11.0 Å². The Balaban J connectivity index is 2.18. The molecule has 1 aromatic heterocycles. The molecule has 0 aliphatic rings. The van der Waals surface area contributed by atoms with Crippen LogP contribution in [0.3, 0.4) is 0 Å². The predicted molar refractivity (Wildman–Crippen MR) is 47.3 cm³/mol. The number of hydrogen-bond donors (Lipinski definition) is 1. The maximum Gasteiger partial charge on any atom is 0.334 e. The number of aryl methyl sites for hydroxylation is 1. The second-order valence-corrected chi connectivity index (χ2v) is 2.84. The average molecular weight is 199 g/mol. The van der Waals surface area contributed by atoms with Gasteiger partial charge in [0, 0.05) is 6.54 Å². The van der Waals surface area contributed by atoms with Gasteiger partial charge < -0.3 is 9.84 Å². The van der Waals surface area contributed by atoms with Gasteiger partial charge in [0.1, 0.15) is 12.7 Å². The van der Waals surface area contributed by atoms with Crippen LogP contribution in [-0.4, -0.2) is 39.1 Å². The van der Waals surface area contributed by atoms with E-state index in [-0.39, 0.29) is 0 Å². The molecule has 78 valence electrons. The molecule has 6 heteroatoms. The van der Waals surface area contributed by atoms with Crippen molar-refractivity contribution in [2.24, 2.45) is 0 Å². The summed E-state index contributed by atoms with van der Waals surface area (Å²) in [6.07, 6.45) is 3.01. The minimum absolute atomic E-state index is 0.368. The first-order chi connectivity index (χ1) is 6.74. The van der Waals surface area contributed by atoms with Gasteiger partial charge in [-0.3, -0.25) is 4.68 Å². The Labute approximate surface area is 81.5 Å². The molecular weight excluding hydrogens is 186 g/mol. The Morgan fingerprint density at radius 2 is 2.50 bits per heavy atom. The highest BCUT2D eigenvalue weighted by molar-refractivity contribution is 5.74. The Bertz CT molecular complexity index is 273. The molecule has 1 N–H and O–H groups in total. The molecule has 0 saturated heterocycles. The fourth-order valence-electron chi connectivity index (χ4n) is 1.05. The van der Waals surface area contributed by atoms with Gasteiger partial charge in [0.2, 0.25) is 0 Å². The summed E-state index contributed by atoms with van der Waals surface area (Å²) in [6, 6.07) is 0. The van der Waals surface area contributed by atoms with Crippen LogP contribution in [0.1, 0.15) is 12.8 Å². The number of carbonyl (C=O) groups is 1. The van der Waals surface area contributed by atoms with Crippen molar-refractivity contribution >= 4 is 5.97 Å². The van der Waals surface area contributed by atoms with E-state index in [1.165, 1.54) is 13.4 Å². The van der Waals surface area contributed by atoms with E-state index in [4.69, 9.17) is 0 Å². The summed E-state index contributed by atoms with van der Waals surface area (Å²) in [4.78, 5) is 14.6. The molecule has 0 aliphatic carbocycles. The fourth-order valence-corrected chi connectivity index (χ4v) is 1.05. The van der Waals surface area contributed by atoms with Crippen LogP contribution < -0.4 is 0 Å². The molecule has 1 heterocycles. The van der Waals surface area contributed by atoms with Crippen molar-refractivity contribution in [1.82, 2.24) is 14.8 Å². The largest absolute Gasteiger partial charge is 0.467 e. The minimum Gasteiger partial charge on any atom is -0.467 e. The zero-order valence-corrected chi connectivity index (χ0v) is 7.96. The van der Waals surface area contributed by atoms with Crippen molar-refractivity contribution in [2.45, 2.75) is 25.5 Å².